The van der Waals surface area contributed by atoms with Gasteiger partial charge in [0.05, 0.1) is 15.1 Å². The summed E-state index contributed by atoms with van der Waals surface area (Å²) in [4.78, 5) is 22.2. The number of halogens is 2. The number of amides is 1. The molecule has 0 aliphatic rings. The summed E-state index contributed by atoms with van der Waals surface area (Å²) in [6.07, 6.45) is 0. The topological polar surface area (TPSA) is 73.8 Å². The van der Waals surface area contributed by atoms with Crippen LogP contribution in [0, 0.1) is 11.8 Å². The Morgan fingerprint density at radius 2 is 1.57 bits per heavy atom. The fourth-order valence-corrected chi connectivity index (χ4v) is 7.05. The van der Waals surface area contributed by atoms with Crippen LogP contribution in [0.25, 0.3) is 10.2 Å². The first-order valence-corrected chi connectivity index (χ1v) is 15.1. The van der Waals surface area contributed by atoms with Crippen molar-refractivity contribution in [3.05, 3.63) is 52.5 Å². The summed E-state index contributed by atoms with van der Waals surface area (Å²) >= 11 is 4.95. The predicted molar refractivity (Wildman–Crippen MR) is 160 cm³/mol. The number of carbonyl (C=O) groups excluding carboxylic acids is 1. The highest BCUT2D eigenvalue weighted by molar-refractivity contribution is 9.10. The monoisotopic (exact) mass is 630 g/mol. The second-order valence-corrected chi connectivity index (χ2v) is 13.9. The van der Waals surface area contributed by atoms with Crippen LogP contribution in [0.5, 0.6) is 0 Å². The lowest BCUT2D eigenvalue weighted by Gasteiger charge is -2.26. The van der Waals surface area contributed by atoms with Gasteiger partial charge in [-0.3, -0.25) is 9.69 Å². The number of thiazole rings is 1. The largest absolute Gasteiger partial charge is 0.308 e. The zero-order chi connectivity index (χ0) is 26.6. The number of rotatable bonds is 11. The molecule has 3 rings (SSSR count). The molecular weight excluding hydrogens is 596 g/mol. The van der Waals surface area contributed by atoms with Gasteiger partial charge >= 0.3 is 0 Å². The lowest BCUT2D eigenvalue weighted by atomic mass is 10.2. The van der Waals surface area contributed by atoms with Gasteiger partial charge in [-0.25, -0.2) is 13.4 Å². The Labute approximate surface area is 239 Å². The van der Waals surface area contributed by atoms with E-state index in [1.165, 1.54) is 23.5 Å². The van der Waals surface area contributed by atoms with E-state index < -0.39 is 10.0 Å². The number of aromatic nitrogens is 1. The average Bonchev–Trinajstić information content (AvgIpc) is 3.20. The molecular formula is C26H36BrClN4O3S2. The molecule has 0 bridgehead atoms. The summed E-state index contributed by atoms with van der Waals surface area (Å²) in [6.45, 7) is 10.1. The fourth-order valence-electron chi connectivity index (χ4n) is 3.75. The molecule has 204 valence electrons. The molecule has 0 fully saturated rings. The van der Waals surface area contributed by atoms with Crippen LogP contribution in [-0.4, -0.2) is 68.8 Å². The van der Waals surface area contributed by atoms with Crippen LogP contribution in [0.1, 0.15) is 38.1 Å². The molecule has 3 aromatic rings. The first-order chi connectivity index (χ1) is 16.9. The zero-order valence-corrected chi connectivity index (χ0v) is 26.2. The zero-order valence-electron chi connectivity index (χ0n) is 22.1. The van der Waals surface area contributed by atoms with Gasteiger partial charge in [-0.15, -0.1) is 12.4 Å². The van der Waals surface area contributed by atoms with Crippen molar-refractivity contribution in [3.8, 4) is 0 Å². The standard InChI is InChI=1S/C26H35BrN4O3S2.ClH/c1-18(2)16-30(17-19(3)4)36(33,34)22-10-7-20(8-11-22)25(32)31(14-13-29(5)6)26-28-23-12-9-21(27)15-24(23)35-26;/h7-12,15,18-19H,13-14,16-17H2,1-6H3;1H. The van der Waals surface area contributed by atoms with Gasteiger partial charge in [-0.05, 0) is 68.4 Å². The summed E-state index contributed by atoms with van der Waals surface area (Å²) in [6, 6.07) is 12.1. The van der Waals surface area contributed by atoms with Crippen LogP contribution < -0.4 is 4.90 Å². The van der Waals surface area contributed by atoms with Crippen molar-refractivity contribution < 1.29 is 13.2 Å². The first kappa shape index (κ1) is 31.7. The van der Waals surface area contributed by atoms with Crippen LogP contribution >= 0.6 is 39.7 Å². The van der Waals surface area contributed by atoms with Crippen molar-refractivity contribution in [2.75, 3.05) is 45.2 Å². The molecule has 7 nitrogen and oxygen atoms in total. The number of sulfonamides is 1. The second kappa shape index (κ2) is 13.5. The maximum Gasteiger partial charge on any atom is 0.260 e. The molecule has 11 heteroatoms. The SMILES string of the molecule is CC(C)CN(CC(C)C)S(=O)(=O)c1ccc(C(=O)N(CCN(C)C)c2nc3ccc(Br)cc3s2)cc1.Cl. The van der Waals surface area contributed by atoms with Crippen LogP contribution in [-0.2, 0) is 10.0 Å². The summed E-state index contributed by atoms with van der Waals surface area (Å²) in [7, 11) is 0.250. The molecule has 0 saturated carbocycles. The Kier molecular flexibility index (Phi) is 11.5. The minimum atomic E-state index is -3.66. The van der Waals surface area contributed by atoms with E-state index in [9.17, 15) is 13.2 Å². The highest BCUT2D eigenvalue weighted by Gasteiger charge is 2.27. The lowest BCUT2D eigenvalue weighted by Crippen LogP contribution is -2.37. The predicted octanol–water partition coefficient (Wildman–Crippen LogP) is 5.99. The van der Waals surface area contributed by atoms with Gasteiger partial charge < -0.3 is 4.90 Å². The Bertz CT molecular complexity index is 1280. The smallest absolute Gasteiger partial charge is 0.260 e. The number of fused-ring (bicyclic) bond motifs is 1. The summed E-state index contributed by atoms with van der Waals surface area (Å²) in [5, 5.41) is 0.617. The van der Waals surface area contributed by atoms with Crippen molar-refractivity contribution in [3.63, 3.8) is 0 Å². The van der Waals surface area contributed by atoms with Gasteiger partial charge in [0.2, 0.25) is 10.0 Å². The molecule has 1 heterocycles. The quantitative estimate of drug-likeness (QED) is 0.260. The van der Waals surface area contributed by atoms with E-state index in [-0.39, 0.29) is 35.0 Å². The number of carbonyl (C=O) groups is 1. The number of hydrogen-bond acceptors (Lipinski definition) is 6. The molecule has 0 aliphatic heterocycles. The van der Waals surface area contributed by atoms with E-state index in [4.69, 9.17) is 4.98 Å². The maximum atomic E-state index is 13.6. The number of benzene rings is 2. The van der Waals surface area contributed by atoms with Crippen molar-refractivity contribution in [2.45, 2.75) is 32.6 Å². The normalized spacial score (nSPS) is 12.1. The van der Waals surface area contributed by atoms with Gasteiger partial charge in [0, 0.05) is 36.2 Å². The molecule has 0 aliphatic carbocycles. The van der Waals surface area contributed by atoms with E-state index in [2.05, 4.69) is 15.9 Å². The first-order valence-electron chi connectivity index (χ1n) is 12.0. The van der Waals surface area contributed by atoms with Crippen molar-refractivity contribution >= 4 is 71.0 Å². The summed E-state index contributed by atoms with van der Waals surface area (Å²) in [5.74, 6) is 0.207. The van der Waals surface area contributed by atoms with Gasteiger partial charge in [-0.2, -0.15) is 4.31 Å². The third kappa shape index (κ3) is 8.21. The summed E-state index contributed by atoms with van der Waals surface area (Å²) < 4.78 is 30.2. The van der Waals surface area contributed by atoms with Gasteiger partial charge in [0.15, 0.2) is 5.13 Å². The Morgan fingerprint density at radius 1 is 0.973 bits per heavy atom. The number of likely N-dealkylation sites (N-methyl/N-ethyl adjacent to an activating group) is 1. The molecule has 0 atom stereocenters. The number of anilines is 1. The number of hydrogen-bond donors (Lipinski definition) is 0. The number of nitrogens with zero attached hydrogens (tertiary/aromatic N) is 4. The van der Waals surface area contributed by atoms with E-state index in [0.717, 1.165) is 14.7 Å². The van der Waals surface area contributed by atoms with Gasteiger partial charge in [0.1, 0.15) is 0 Å². The van der Waals surface area contributed by atoms with E-state index in [0.29, 0.717) is 36.9 Å². The molecule has 0 spiro atoms. The second-order valence-electron chi connectivity index (χ2n) is 10.0. The van der Waals surface area contributed by atoms with Gasteiger partial charge in [-0.1, -0.05) is 55.0 Å². The Morgan fingerprint density at radius 3 is 2.11 bits per heavy atom. The molecule has 1 aromatic heterocycles. The van der Waals surface area contributed by atoms with Gasteiger partial charge in [0.25, 0.3) is 5.91 Å². The minimum Gasteiger partial charge on any atom is -0.308 e. The highest BCUT2D eigenvalue weighted by atomic mass is 79.9. The molecule has 0 N–H and O–H groups in total. The molecule has 2 aromatic carbocycles. The molecule has 0 saturated heterocycles. The van der Waals surface area contributed by atoms with Crippen molar-refractivity contribution in [1.29, 1.82) is 0 Å². The molecule has 0 radical (unpaired) electrons. The highest BCUT2D eigenvalue weighted by Crippen LogP contribution is 2.32. The van der Waals surface area contributed by atoms with E-state index in [1.807, 2.05) is 64.9 Å². The lowest BCUT2D eigenvalue weighted by molar-refractivity contribution is 0.0985. The van der Waals surface area contributed by atoms with Crippen LogP contribution in [0.2, 0.25) is 0 Å². The Balaban J connectivity index is 0.00000481. The maximum absolute atomic E-state index is 13.6. The summed E-state index contributed by atoms with van der Waals surface area (Å²) in [5.41, 5.74) is 1.25. The fraction of sp³-hybridized carbons (Fsp3) is 0.462. The van der Waals surface area contributed by atoms with Crippen molar-refractivity contribution in [2.24, 2.45) is 11.8 Å². The average molecular weight is 632 g/mol. The third-order valence-corrected chi connectivity index (χ3v) is 8.84. The van der Waals surface area contributed by atoms with Crippen LogP contribution in [0.15, 0.2) is 51.8 Å². The molecule has 37 heavy (non-hydrogen) atoms. The Hall–Kier alpha value is -1.56. The van der Waals surface area contributed by atoms with Crippen LogP contribution in [0.3, 0.4) is 0 Å². The third-order valence-electron chi connectivity index (χ3n) is 5.46. The van der Waals surface area contributed by atoms with Crippen molar-refractivity contribution in [1.82, 2.24) is 14.2 Å². The molecule has 0 unspecified atom stereocenters. The van der Waals surface area contributed by atoms with E-state index in [1.54, 1.807) is 21.3 Å². The molecule has 1 amide bonds. The van der Waals surface area contributed by atoms with Crippen LogP contribution in [0.4, 0.5) is 5.13 Å². The minimum absolute atomic E-state index is 0. The van der Waals surface area contributed by atoms with E-state index >= 15 is 0 Å².